The summed E-state index contributed by atoms with van der Waals surface area (Å²) < 4.78 is 6.26. The molecular formula is C18H22ClNO. The van der Waals surface area contributed by atoms with E-state index in [2.05, 4.69) is 18.8 Å². The molecule has 112 valence electrons. The van der Waals surface area contributed by atoms with Crippen LogP contribution in [0.4, 0.5) is 0 Å². The third-order valence-corrected chi connectivity index (χ3v) is 4.93. The van der Waals surface area contributed by atoms with Crippen LogP contribution in [0.5, 0.6) is 5.75 Å². The summed E-state index contributed by atoms with van der Waals surface area (Å²) in [5.41, 5.74) is 2.09. The zero-order valence-electron chi connectivity index (χ0n) is 12.7. The highest BCUT2D eigenvalue weighted by atomic mass is 35.5. The van der Waals surface area contributed by atoms with Crippen molar-refractivity contribution in [3.63, 3.8) is 0 Å². The first kappa shape index (κ1) is 14.6. The number of aromatic nitrogens is 1. The van der Waals surface area contributed by atoms with Crippen LogP contribution in [0.3, 0.4) is 0 Å². The first-order chi connectivity index (χ1) is 10.2. The predicted octanol–water partition coefficient (Wildman–Crippen LogP) is 5.54. The van der Waals surface area contributed by atoms with Gasteiger partial charge >= 0.3 is 0 Å². The second-order valence-corrected chi connectivity index (χ2v) is 6.45. The number of rotatable bonds is 3. The molecule has 0 bridgehead atoms. The van der Waals surface area contributed by atoms with Crippen molar-refractivity contribution in [3.8, 4) is 5.75 Å². The molecule has 0 spiro atoms. The molecule has 3 rings (SSSR count). The van der Waals surface area contributed by atoms with E-state index in [1.807, 2.05) is 24.3 Å². The molecule has 0 unspecified atom stereocenters. The van der Waals surface area contributed by atoms with Crippen molar-refractivity contribution in [1.82, 2.24) is 4.98 Å². The van der Waals surface area contributed by atoms with Crippen LogP contribution in [0.2, 0.25) is 5.15 Å². The van der Waals surface area contributed by atoms with E-state index < -0.39 is 0 Å². The molecule has 2 aromatic rings. The van der Waals surface area contributed by atoms with E-state index in [9.17, 15) is 0 Å². The molecule has 1 fully saturated rings. The molecule has 1 heterocycles. The molecule has 3 heteroatoms. The third kappa shape index (κ3) is 3.16. The maximum Gasteiger partial charge on any atom is 0.129 e. The highest BCUT2D eigenvalue weighted by Gasteiger charge is 2.21. The van der Waals surface area contributed by atoms with Gasteiger partial charge in [-0.05, 0) is 62.8 Å². The molecule has 1 saturated carbocycles. The maximum atomic E-state index is 6.26. The van der Waals surface area contributed by atoms with Gasteiger partial charge in [0.1, 0.15) is 10.9 Å². The summed E-state index contributed by atoms with van der Waals surface area (Å²) in [5.74, 6) is 1.89. The molecular weight excluding hydrogens is 282 g/mol. The fourth-order valence-corrected chi connectivity index (χ4v) is 3.43. The van der Waals surface area contributed by atoms with Crippen molar-refractivity contribution in [1.29, 1.82) is 0 Å². The lowest BCUT2D eigenvalue weighted by molar-refractivity contribution is 0.129. The second-order valence-electron chi connectivity index (χ2n) is 6.06. The van der Waals surface area contributed by atoms with Gasteiger partial charge in [0.2, 0.25) is 0 Å². The van der Waals surface area contributed by atoms with Gasteiger partial charge in [0.25, 0.3) is 0 Å². The lowest BCUT2D eigenvalue weighted by Crippen LogP contribution is -2.24. The molecule has 0 aliphatic heterocycles. The minimum absolute atomic E-state index is 0.365. The van der Waals surface area contributed by atoms with Crippen LogP contribution in [0.1, 0.15) is 44.6 Å². The summed E-state index contributed by atoms with van der Waals surface area (Å²) in [6, 6.07) is 7.90. The van der Waals surface area contributed by atoms with Gasteiger partial charge in [-0.15, -0.1) is 0 Å². The van der Waals surface area contributed by atoms with Gasteiger partial charge in [-0.2, -0.15) is 0 Å². The standard InChI is InChI=1S/C18H22ClNO/c1-3-13-4-6-14(7-5-13)21-17-10-9-16-15(12(17)2)8-11-18(19)20-16/h8-11,13-14H,3-7H2,1-2H3. The summed E-state index contributed by atoms with van der Waals surface area (Å²) >= 11 is 5.95. The van der Waals surface area contributed by atoms with E-state index in [1.165, 1.54) is 32.1 Å². The quantitative estimate of drug-likeness (QED) is 0.694. The Kier molecular flexibility index (Phi) is 4.34. The minimum Gasteiger partial charge on any atom is -0.490 e. The van der Waals surface area contributed by atoms with Crippen molar-refractivity contribution in [3.05, 3.63) is 35.0 Å². The van der Waals surface area contributed by atoms with Crippen LogP contribution in [0, 0.1) is 12.8 Å². The summed E-state index contributed by atoms with van der Waals surface area (Å²) in [6.45, 7) is 4.39. The molecule has 1 aromatic heterocycles. The minimum atomic E-state index is 0.365. The van der Waals surface area contributed by atoms with Gasteiger partial charge in [-0.25, -0.2) is 4.98 Å². The number of hydrogen-bond acceptors (Lipinski definition) is 2. The Morgan fingerprint density at radius 3 is 2.62 bits per heavy atom. The molecule has 0 N–H and O–H groups in total. The van der Waals surface area contributed by atoms with Crippen LogP contribution in [0.15, 0.2) is 24.3 Å². The Morgan fingerprint density at radius 1 is 1.14 bits per heavy atom. The van der Waals surface area contributed by atoms with E-state index in [0.29, 0.717) is 11.3 Å². The maximum absolute atomic E-state index is 6.26. The van der Waals surface area contributed by atoms with Crippen LogP contribution in [0.25, 0.3) is 10.9 Å². The topological polar surface area (TPSA) is 22.1 Å². The monoisotopic (exact) mass is 303 g/mol. The molecule has 1 aliphatic carbocycles. The lowest BCUT2D eigenvalue weighted by atomic mass is 9.86. The summed E-state index contributed by atoms with van der Waals surface area (Å²) in [4.78, 5) is 4.36. The number of fused-ring (bicyclic) bond motifs is 1. The number of halogens is 1. The van der Waals surface area contributed by atoms with Gasteiger partial charge in [-0.3, -0.25) is 0 Å². The van der Waals surface area contributed by atoms with Crippen molar-refractivity contribution in [2.24, 2.45) is 5.92 Å². The van der Waals surface area contributed by atoms with Gasteiger partial charge in [-0.1, -0.05) is 24.9 Å². The number of pyridine rings is 1. The third-order valence-electron chi connectivity index (χ3n) is 4.72. The first-order valence-electron chi connectivity index (χ1n) is 7.90. The predicted molar refractivity (Wildman–Crippen MR) is 88.2 cm³/mol. The van der Waals surface area contributed by atoms with E-state index in [-0.39, 0.29) is 0 Å². The van der Waals surface area contributed by atoms with Gasteiger partial charge in [0.05, 0.1) is 11.6 Å². The Balaban J connectivity index is 1.78. The van der Waals surface area contributed by atoms with Gasteiger partial charge < -0.3 is 4.74 Å². The first-order valence-corrected chi connectivity index (χ1v) is 8.27. The molecule has 2 nitrogen and oxygen atoms in total. The van der Waals surface area contributed by atoms with Crippen molar-refractivity contribution >= 4 is 22.5 Å². The smallest absolute Gasteiger partial charge is 0.129 e. The Labute approximate surface area is 131 Å². The molecule has 0 saturated heterocycles. The lowest BCUT2D eigenvalue weighted by Gasteiger charge is -2.29. The number of aryl methyl sites for hydroxylation is 1. The second kappa shape index (κ2) is 6.23. The number of benzene rings is 1. The number of hydrogen-bond donors (Lipinski definition) is 0. The molecule has 0 atom stereocenters. The van der Waals surface area contributed by atoms with Crippen LogP contribution < -0.4 is 4.74 Å². The van der Waals surface area contributed by atoms with Crippen LogP contribution in [-0.4, -0.2) is 11.1 Å². The average Bonchev–Trinajstić information content (AvgIpc) is 2.51. The van der Waals surface area contributed by atoms with Gasteiger partial charge in [0.15, 0.2) is 0 Å². The highest BCUT2D eigenvalue weighted by Crippen LogP contribution is 2.32. The Bertz CT molecular complexity index is 632. The van der Waals surface area contributed by atoms with Crippen LogP contribution in [-0.2, 0) is 0 Å². The number of nitrogens with zero attached hydrogens (tertiary/aromatic N) is 1. The molecule has 1 aromatic carbocycles. The largest absolute Gasteiger partial charge is 0.490 e. The van der Waals surface area contributed by atoms with Crippen molar-refractivity contribution in [2.75, 3.05) is 0 Å². The Morgan fingerprint density at radius 2 is 1.90 bits per heavy atom. The van der Waals surface area contributed by atoms with Gasteiger partial charge in [0, 0.05) is 10.9 Å². The number of ether oxygens (including phenoxy) is 1. The van der Waals surface area contributed by atoms with E-state index >= 15 is 0 Å². The van der Waals surface area contributed by atoms with Crippen molar-refractivity contribution in [2.45, 2.75) is 52.1 Å². The molecule has 0 radical (unpaired) electrons. The normalized spacial score (nSPS) is 22.4. The Hall–Kier alpha value is -1.28. The van der Waals surface area contributed by atoms with E-state index in [1.54, 1.807) is 0 Å². The fourth-order valence-electron chi connectivity index (χ4n) is 3.27. The molecule has 1 aliphatic rings. The van der Waals surface area contributed by atoms with Crippen molar-refractivity contribution < 1.29 is 4.74 Å². The van der Waals surface area contributed by atoms with Crippen LogP contribution >= 0.6 is 11.6 Å². The zero-order valence-corrected chi connectivity index (χ0v) is 13.5. The zero-order chi connectivity index (χ0) is 14.8. The summed E-state index contributed by atoms with van der Waals surface area (Å²) in [7, 11) is 0. The highest BCUT2D eigenvalue weighted by molar-refractivity contribution is 6.29. The SMILES string of the molecule is CCC1CCC(Oc2ccc3nc(Cl)ccc3c2C)CC1. The molecule has 21 heavy (non-hydrogen) atoms. The van der Waals surface area contributed by atoms with E-state index in [4.69, 9.17) is 16.3 Å². The summed E-state index contributed by atoms with van der Waals surface area (Å²) in [5, 5.41) is 1.66. The van der Waals surface area contributed by atoms with E-state index in [0.717, 1.165) is 28.1 Å². The fraction of sp³-hybridized carbons (Fsp3) is 0.500. The summed E-state index contributed by atoms with van der Waals surface area (Å²) in [6.07, 6.45) is 6.61. The molecule has 0 amide bonds. The average molecular weight is 304 g/mol.